The fraction of sp³-hybridized carbons (Fsp3) is 0.500. The molecule has 3 heteroatoms. The lowest BCUT2D eigenvalue weighted by molar-refractivity contribution is -0.125. The Balaban J connectivity index is 2.14. The highest BCUT2D eigenvalue weighted by molar-refractivity contribution is 5.77. The molecule has 94 valence electrons. The highest BCUT2D eigenvalue weighted by Gasteiger charge is 2.10. The van der Waals surface area contributed by atoms with E-state index in [2.05, 4.69) is 29.9 Å². The number of benzene rings is 1. The Morgan fingerprint density at radius 1 is 1.29 bits per heavy atom. The molecule has 0 fully saturated rings. The maximum Gasteiger partial charge on any atom is 0.236 e. The van der Waals surface area contributed by atoms with Crippen LogP contribution in [0.3, 0.4) is 0 Å². The summed E-state index contributed by atoms with van der Waals surface area (Å²) in [5, 5.41) is 0. The van der Waals surface area contributed by atoms with Crippen LogP contribution in [0.5, 0.6) is 0 Å². The predicted molar refractivity (Wildman–Crippen MR) is 70.4 cm³/mol. The van der Waals surface area contributed by atoms with Gasteiger partial charge in [0.1, 0.15) is 0 Å². The first-order valence-electron chi connectivity index (χ1n) is 6.30. The average molecular weight is 234 g/mol. The summed E-state index contributed by atoms with van der Waals surface area (Å²) in [7, 11) is 0. The van der Waals surface area contributed by atoms with Gasteiger partial charge in [-0.15, -0.1) is 0 Å². The molecule has 0 spiro atoms. The molecule has 0 aliphatic rings. The largest absolute Gasteiger partial charge is 0.291 e. The quantitative estimate of drug-likeness (QED) is 0.561. The molecule has 0 aromatic heterocycles. The summed E-state index contributed by atoms with van der Waals surface area (Å²) >= 11 is 0. The third-order valence-corrected chi connectivity index (χ3v) is 2.76. The first-order chi connectivity index (χ1) is 8.24. The number of carbonyl (C=O) groups excluding carboxylic acids is 1. The lowest BCUT2D eigenvalue weighted by atomic mass is 10.1. The molecule has 0 aliphatic carbocycles. The third-order valence-electron chi connectivity index (χ3n) is 2.76. The second-order valence-electron chi connectivity index (χ2n) is 4.34. The van der Waals surface area contributed by atoms with Crippen LogP contribution in [0.4, 0.5) is 0 Å². The van der Waals surface area contributed by atoms with Gasteiger partial charge in [0.25, 0.3) is 0 Å². The van der Waals surface area contributed by atoms with Crippen molar-refractivity contribution in [2.24, 2.45) is 5.92 Å². The number of carbonyl (C=O) groups is 1. The Labute approximate surface area is 104 Å². The minimum Gasteiger partial charge on any atom is -0.291 e. The van der Waals surface area contributed by atoms with Crippen molar-refractivity contribution < 1.29 is 4.79 Å². The van der Waals surface area contributed by atoms with E-state index in [1.165, 1.54) is 5.56 Å². The fourth-order valence-electron chi connectivity index (χ4n) is 1.69. The van der Waals surface area contributed by atoms with Crippen molar-refractivity contribution in [3.8, 4) is 0 Å². The molecule has 1 aromatic carbocycles. The number of nitrogens with one attached hydrogen (secondary N) is 2. The standard InChI is InChI=1S/C14H22N2O/c1-3-7-12(2)14(17)16-15-11-10-13-8-5-4-6-9-13/h4-6,8-9,12,15H,3,7,10-11H2,1-2H3,(H,16,17). The summed E-state index contributed by atoms with van der Waals surface area (Å²) in [6.07, 6.45) is 2.90. The molecule has 2 N–H and O–H groups in total. The topological polar surface area (TPSA) is 41.1 Å². The van der Waals surface area contributed by atoms with Crippen LogP contribution >= 0.6 is 0 Å². The molecule has 0 saturated heterocycles. The van der Waals surface area contributed by atoms with E-state index in [1.54, 1.807) is 0 Å². The minimum absolute atomic E-state index is 0.0833. The molecule has 1 amide bonds. The fourth-order valence-corrected chi connectivity index (χ4v) is 1.69. The van der Waals surface area contributed by atoms with Gasteiger partial charge in [0.15, 0.2) is 0 Å². The van der Waals surface area contributed by atoms with E-state index in [0.717, 1.165) is 25.8 Å². The number of hydrazine groups is 1. The number of hydrogen-bond donors (Lipinski definition) is 2. The summed E-state index contributed by atoms with van der Waals surface area (Å²) in [6.45, 7) is 4.80. The highest BCUT2D eigenvalue weighted by Crippen LogP contribution is 2.03. The van der Waals surface area contributed by atoms with E-state index in [0.29, 0.717) is 0 Å². The second kappa shape index (κ2) is 7.85. The lowest BCUT2D eigenvalue weighted by Gasteiger charge is -2.11. The van der Waals surface area contributed by atoms with E-state index in [-0.39, 0.29) is 11.8 Å². The van der Waals surface area contributed by atoms with Gasteiger partial charge < -0.3 is 0 Å². The first-order valence-corrected chi connectivity index (χ1v) is 6.30. The Bertz CT molecular complexity index is 324. The van der Waals surface area contributed by atoms with Gasteiger partial charge >= 0.3 is 0 Å². The molecular formula is C14H22N2O. The van der Waals surface area contributed by atoms with Crippen molar-refractivity contribution in [3.05, 3.63) is 35.9 Å². The summed E-state index contributed by atoms with van der Waals surface area (Å²) < 4.78 is 0. The van der Waals surface area contributed by atoms with Crippen molar-refractivity contribution in [1.29, 1.82) is 0 Å². The Morgan fingerprint density at radius 3 is 2.65 bits per heavy atom. The smallest absolute Gasteiger partial charge is 0.236 e. The normalized spacial score (nSPS) is 12.1. The SMILES string of the molecule is CCCC(C)C(=O)NNCCc1ccccc1. The van der Waals surface area contributed by atoms with Gasteiger partial charge in [-0.1, -0.05) is 50.6 Å². The van der Waals surface area contributed by atoms with E-state index in [1.807, 2.05) is 25.1 Å². The maximum absolute atomic E-state index is 11.6. The van der Waals surface area contributed by atoms with Crippen molar-refractivity contribution in [1.82, 2.24) is 10.9 Å². The van der Waals surface area contributed by atoms with Gasteiger partial charge in [0.2, 0.25) is 5.91 Å². The number of hydrogen-bond acceptors (Lipinski definition) is 2. The van der Waals surface area contributed by atoms with Gasteiger partial charge in [-0.05, 0) is 18.4 Å². The molecule has 0 saturated carbocycles. The molecule has 3 nitrogen and oxygen atoms in total. The summed E-state index contributed by atoms with van der Waals surface area (Å²) in [5.74, 6) is 0.170. The summed E-state index contributed by atoms with van der Waals surface area (Å²) in [6, 6.07) is 10.2. The van der Waals surface area contributed by atoms with Crippen LogP contribution in [-0.2, 0) is 11.2 Å². The molecule has 1 atom stereocenters. The van der Waals surface area contributed by atoms with Gasteiger partial charge in [-0.25, -0.2) is 5.43 Å². The van der Waals surface area contributed by atoms with Crippen molar-refractivity contribution in [2.75, 3.05) is 6.54 Å². The van der Waals surface area contributed by atoms with Crippen molar-refractivity contribution >= 4 is 5.91 Å². The predicted octanol–water partition coefficient (Wildman–Crippen LogP) is 2.29. The van der Waals surface area contributed by atoms with Crippen molar-refractivity contribution in [2.45, 2.75) is 33.1 Å². The van der Waals surface area contributed by atoms with E-state index >= 15 is 0 Å². The van der Waals surface area contributed by atoms with Crippen LogP contribution in [0, 0.1) is 5.92 Å². The summed E-state index contributed by atoms with van der Waals surface area (Å²) in [4.78, 5) is 11.6. The number of rotatable bonds is 7. The number of amides is 1. The Morgan fingerprint density at radius 2 is 2.00 bits per heavy atom. The van der Waals surface area contributed by atoms with Crippen LogP contribution in [-0.4, -0.2) is 12.5 Å². The molecule has 17 heavy (non-hydrogen) atoms. The monoisotopic (exact) mass is 234 g/mol. The van der Waals surface area contributed by atoms with Gasteiger partial charge in [0.05, 0.1) is 0 Å². The Kier molecular flexibility index (Phi) is 6.33. The molecule has 0 bridgehead atoms. The van der Waals surface area contributed by atoms with Crippen molar-refractivity contribution in [3.63, 3.8) is 0 Å². The molecule has 0 radical (unpaired) electrons. The van der Waals surface area contributed by atoms with Crippen LogP contribution in [0.1, 0.15) is 32.3 Å². The van der Waals surface area contributed by atoms with E-state index in [4.69, 9.17) is 0 Å². The zero-order chi connectivity index (χ0) is 12.5. The minimum atomic E-state index is 0.0833. The first kappa shape index (κ1) is 13.7. The average Bonchev–Trinajstić information content (AvgIpc) is 2.36. The van der Waals surface area contributed by atoms with Gasteiger partial charge in [-0.2, -0.15) is 0 Å². The van der Waals surface area contributed by atoms with Crippen LogP contribution < -0.4 is 10.9 Å². The molecule has 0 heterocycles. The molecule has 1 rings (SSSR count). The highest BCUT2D eigenvalue weighted by atomic mass is 16.2. The molecule has 1 unspecified atom stereocenters. The van der Waals surface area contributed by atoms with Crippen LogP contribution in [0.2, 0.25) is 0 Å². The molecular weight excluding hydrogens is 212 g/mol. The Hall–Kier alpha value is -1.35. The van der Waals surface area contributed by atoms with Crippen LogP contribution in [0.25, 0.3) is 0 Å². The zero-order valence-corrected chi connectivity index (χ0v) is 10.7. The van der Waals surface area contributed by atoms with Gasteiger partial charge in [-0.3, -0.25) is 10.2 Å². The van der Waals surface area contributed by atoms with Gasteiger partial charge in [0, 0.05) is 12.5 Å². The molecule has 0 aliphatic heterocycles. The van der Waals surface area contributed by atoms with E-state index < -0.39 is 0 Å². The van der Waals surface area contributed by atoms with E-state index in [9.17, 15) is 4.79 Å². The summed E-state index contributed by atoms with van der Waals surface area (Å²) in [5.41, 5.74) is 7.00. The molecule has 1 aromatic rings. The third kappa shape index (κ3) is 5.50. The van der Waals surface area contributed by atoms with Crippen LogP contribution in [0.15, 0.2) is 30.3 Å². The lowest BCUT2D eigenvalue weighted by Crippen LogP contribution is -2.41. The second-order valence-corrected chi connectivity index (χ2v) is 4.34. The maximum atomic E-state index is 11.6. The zero-order valence-electron chi connectivity index (χ0n) is 10.7.